The molecule has 0 bridgehead atoms. The Labute approximate surface area is 290 Å². The van der Waals surface area contributed by atoms with Crippen LogP contribution in [-0.2, 0) is 44.8 Å². The van der Waals surface area contributed by atoms with Crippen molar-refractivity contribution < 1.29 is 53.7 Å². The van der Waals surface area contributed by atoms with E-state index in [1.54, 1.807) is 30.5 Å². The molecule has 1 aliphatic heterocycles. The van der Waals surface area contributed by atoms with Gasteiger partial charge in [-0.05, 0) is 37.3 Å². The van der Waals surface area contributed by atoms with E-state index in [0.717, 1.165) is 0 Å². The summed E-state index contributed by atoms with van der Waals surface area (Å²) in [5, 5.41) is 40.7. The summed E-state index contributed by atoms with van der Waals surface area (Å²) in [5.41, 5.74) is 12.1. The van der Waals surface area contributed by atoms with Gasteiger partial charge in [-0.1, -0.05) is 18.2 Å². The van der Waals surface area contributed by atoms with Crippen LogP contribution in [0.15, 0.2) is 35.5 Å². The Kier molecular flexibility index (Phi) is 14.2. The minimum absolute atomic E-state index is 0.0380. The molecule has 3 rings (SSSR count). The standard InChI is InChI=1S/C31H41N9O11/c32-31(33)34-11-3-6-18-26(47)39-21(12-15-14-35-17-5-2-1-4-16(15)17)29(50)37-20(8-10-24(43)44)28(49)40-22(13-25(45)46)30(51)38-19(27(48)36-18)7-9-23(41)42/h1-2,4-5,14,18-22,35H,3,6-13H2,(H,36,48)(H,37,50)(H,38,51)(H,39,47)(H,40,49)(H,41,42)(H,43,44)(H,45,46)(H4,32,33,34)/t18-,19-,20-,21+,22-/m1/s1. The monoisotopic (exact) mass is 715 g/mol. The van der Waals surface area contributed by atoms with Gasteiger partial charge in [0, 0.05) is 42.9 Å². The van der Waals surface area contributed by atoms with E-state index in [4.69, 9.17) is 11.5 Å². The van der Waals surface area contributed by atoms with Crippen LogP contribution in [0.4, 0.5) is 0 Å². The second-order valence-corrected chi connectivity index (χ2v) is 11.8. The molecule has 20 heteroatoms. The van der Waals surface area contributed by atoms with Gasteiger partial charge >= 0.3 is 17.9 Å². The van der Waals surface area contributed by atoms with E-state index in [9.17, 15) is 53.7 Å². The van der Waals surface area contributed by atoms with Crippen LogP contribution >= 0.6 is 0 Å². The van der Waals surface area contributed by atoms with Gasteiger partial charge in [0.25, 0.3) is 0 Å². The summed E-state index contributed by atoms with van der Waals surface area (Å²) in [4.78, 5) is 109. The molecule has 51 heavy (non-hydrogen) atoms. The number of guanidine groups is 1. The summed E-state index contributed by atoms with van der Waals surface area (Å²) in [5.74, 6) is -9.57. The topological polar surface area (TPSA) is 338 Å². The van der Waals surface area contributed by atoms with E-state index in [-0.39, 0.29) is 31.8 Å². The van der Waals surface area contributed by atoms with E-state index in [2.05, 4.69) is 36.6 Å². The normalized spacial score (nSPS) is 21.9. The lowest BCUT2D eigenvalue weighted by molar-refractivity contribution is -0.141. The van der Waals surface area contributed by atoms with Gasteiger partial charge < -0.3 is 58.4 Å². The first-order chi connectivity index (χ1) is 24.1. The molecule has 20 nitrogen and oxygen atoms in total. The van der Waals surface area contributed by atoms with Crippen molar-refractivity contribution in [2.75, 3.05) is 6.54 Å². The molecule has 0 unspecified atom stereocenters. The first kappa shape index (κ1) is 39.2. The van der Waals surface area contributed by atoms with E-state index in [1.165, 1.54) is 0 Å². The number of hydrogen-bond donors (Lipinski definition) is 11. The molecule has 2 aromatic rings. The first-order valence-corrected chi connectivity index (χ1v) is 15.9. The molecule has 5 atom stereocenters. The number of aromatic amines is 1. The van der Waals surface area contributed by atoms with Gasteiger partial charge in [-0.2, -0.15) is 0 Å². The van der Waals surface area contributed by atoms with Crippen molar-refractivity contribution in [3.8, 4) is 0 Å². The predicted octanol–water partition coefficient (Wildman–Crippen LogP) is -2.59. The molecule has 0 aliphatic carbocycles. The zero-order chi connectivity index (χ0) is 37.7. The summed E-state index contributed by atoms with van der Waals surface area (Å²) < 4.78 is 0. The Morgan fingerprint density at radius 2 is 1.12 bits per heavy atom. The van der Waals surface area contributed by atoms with Crippen LogP contribution in [0.1, 0.15) is 50.5 Å². The van der Waals surface area contributed by atoms with Crippen molar-refractivity contribution in [3.63, 3.8) is 0 Å². The van der Waals surface area contributed by atoms with Crippen LogP contribution in [0.5, 0.6) is 0 Å². The van der Waals surface area contributed by atoms with Gasteiger partial charge in [0.2, 0.25) is 29.5 Å². The van der Waals surface area contributed by atoms with Crippen molar-refractivity contribution in [3.05, 3.63) is 36.0 Å². The number of amides is 5. The Balaban J connectivity index is 2.10. The number of nitrogens with zero attached hydrogens (tertiary/aromatic N) is 1. The van der Waals surface area contributed by atoms with Gasteiger partial charge in [-0.15, -0.1) is 0 Å². The molecule has 1 saturated heterocycles. The molecule has 0 spiro atoms. The van der Waals surface area contributed by atoms with Crippen molar-refractivity contribution in [1.82, 2.24) is 31.6 Å². The number of aliphatic carboxylic acids is 3. The molecule has 276 valence electrons. The molecule has 0 radical (unpaired) electrons. The van der Waals surface area contributed by atoms with Gasteiger partial charge in [0.1, 0.15) is 30.2 Å². The Morgan fingerprint density at radius 3 is 1.65 bits per heavy atom. The Bertz CT molecular complexity index is 1670. The largest absolute Gasteiger partial charge is 0.481 e. The third-order valence-electron chi connectivity index (χ3n) is 7.88. The van der Waals surface area contributed by atoms with Crippen LogP contribution in [-0.4, -0.2) is 110 Å². The average molecular weight is 716 g/mol. The number of carboxylic acid groups (broad SMARTS) is 3. The molecule has 1 aromatic carbocycles. The van der Waals surface area contributed by atoms with Gasteiger partial charge in [-0.25, -0.2) is 0 Å². The SMILES string of the molecule is NC(N)=NCCC[C@H]1NC(=O)[C@@H](CCC(=O)O)NC(=O)[C@@H](CC(=O)O)NC(=O)[C@@H](CCC(=O)O)NC(=O)[C@H](Cc2c[nH]c3ccccc23)NC1=O. The summed E-state index contributed by atoms with van der Waals surface area (Å²) in [6.07, 6.45) is -1.73. The molecule has 13 N–H and O–H groups in total. The van der Waals surface area contributed by atoms with E-state index >= 15 is 0 Å². The lowest BCUT2D eigenvalue weighted by Crippen LogP contribution is -2.58. The quantitative estimate of drug-likeness (QED) is 0.0544. The molecular weight excluding hydrogens is 674 g/mol. The lowest BCUT2D eigenvalue weighted by Gasteiger charge is -2.26. The number of fused-ring (bicyclic) bond motifs is 1. The molecule has 1 aliphatic rings. The number of nitrogens with two attached hydrogens (primary N) is 2. The van der Waals surface area contributed by atoms with Crippen LogP contribution in [0, 0.1) is 0 Å². The molecular formula is C31H41N9O11. The molecule has 0 saturated carbocycles. The van der Waals surface area contributed by atoms with E-state index < -0.39 is 110 Å². The Morgan fingerprint density at radius 1 is 0.647 bits per heavy atom. The number of carbonyl (C=O) groups excluding carboxylic acids is 5. The van der Waals surface area contributed by atoms with Gasteiger partial charge in [0.15, 0.2) is 5.96 Å². The second kappa shape index (κ2) is 18.5. The zero-order valence-electron chi connectivity index (χ0n) is 27.3. The highest BCUT2D eigenvalue weighted by molar-refractivity contribution is 5.99. The summed E-state index contributed by atoms with van der Waals surface area (Å²) in [6, 6.07) is -0.808. The van der Waals surface area contributed by atoms with Crippen molar-refractivity contribution in [1.29, 1.82) is 0 Å². The number of H-pyrrole nitrogens is 1. The maximum Gasteiger partial charge on any atom is 0.305 e. The van der Waals surface area contributed by atoms with Gasteiger partial charge in [-0.3, -0.25) is 43.3 Å². The van der Waals surface area contributed by atoms with Crippen molar-refractivity contribution in [2.24, 2.45) is 16.5 Å². The lowest BCUT2D eigenvalue weighted by atomic mass is 10.0. The fourth-order valence-electron chi connectivity index (χ4n) is 5.32. The summed E-state index contributed by atoms with van der Waals surface area (Å²) in [7, 11) is 0. The van der Waals surface area contributed by atoms with Crippen LogP contribution in [0.2, 0.25) is 0 Å². The van der Waals surface area contributed by atoms with E-state index in [0.29, 0.717) is 16.5 Å². The average Bonchev–Trinajstić information content (AvgIpc) is 3.46. The number of para-hydroxylation sites is 1. The number of carboxylic acids is 3. The minimum Gasteiger partial charge on any atom is -0.481 e. The Hall–Kier alpha value is -6.21. The fraction of sp³-hybridized carbons (Fsp3) is 0.452. The second-order valence-electron chi connectivity index (χ2n) is 11.8. The molecule has 1 aromatic heterocycles. The number of hydrogen-bond acceptors (Lipinski definition) is 9. The highest BCUT2D eigenvalue weighted by Crippen LogP contribution is 2.20. The third kappa shape index (κ3) is 12.3. The summed E-state index contributed by atoms with van der Waals surface area (Å²) in [6.45, 7) is 0.0380. The number of carbonyl (C=O) groups is 8. The van der Waals surface area contributed by atoms with Crippen LogP contribution in [0.25, 0.3) is 10.9 Å². The highest BCUT2D eigenvalue weighted by Gasteiger charge is 2.35. The third-order valence-corrected chi connectivity index (χ3v) is 7.88. The molecule has 5 amide bonds. The van der Waals surface area contributed by atoms with Crippen LogP contribution in [0.3, 0.4) is 0 Å². The minimum atomic E-state index is -1.85. The maximum absolute atomic E-state index is 13.9. The van der Waals surface area contributed by atoms with Crippen molar-refractivity contribution >= 4 is 64.3 Å². The highest BCUT2D eigenvalue weighted by atomic mass is 16.4. The smallest absolute Gasteiger partial charge is 0.305 e. The first-order valence-electron chi connectivity index (χ1n) is 15.9. The fourth-order valence-corrected chi connectivity index (χ4v) is 5.32. The van der Waals surface area contributed by atoms with Crippen molar-refractivity contribution in [2.45, 2.75) is 81.6 Å². The zero-order valence-corrected chi connectivity index (χ0v) is 27.3. The van der Waals surface area contributed by atoms with E-state index in [1.807, 2.05) is 0 Å². The number of benzene rings is 1. The number of aromatic nitrogens is 1. The number of aliphatic imine (C=N–C) groups is 1. The summed E-state index contributed by atoms with van der Waals surface area (Å²) >= 11 is 0. The number of rotatable bonds is 14. The van der Waals surface area contributed by atoms with Crippen LogP contribution < -0.4 is 38.1 Å². The predicted molar refractivity (Wildman–Crippen MR) is 178 cm³/mol. The number of nitrogens with one attached hydrogen (secondary N) is 6. The van der Waals surface area contributed by atoms with Gasteiger partial charge in [0.05, 0.1) is 6.42 Å². The molecule has 2 heterocycles. The molecule has 1 fully saturated rings. The maximum atomic E-state index is 13.9.